The first-order valence-electron chi connectivity index (χ1n) is 6.64. The quantitative estimate of drug-likeness (QED) is 0.416. The zero-order valence-corrected chi connectivity index (χ0v) is 15.6. The summed E-state index contributed by atoms with van der Waals surface area (Å²) in [4.78, 5) is 0. The lowest BCUT2D eigenvalue weighted by Crippen LogP contribution is -1.98. The van der Waals surface area contributed by atoms with Crippen LogP contribution >= 0.6 is 50.1 Å². The number of rotatable bonds is 2. The molecule has 0 saturated heterocycles. The minimum absolute atomic E-state index is 0.230. The first-order valence-corrected chi connectivity index (χ1v) is 8.94. The van der Waals surface area contributed by atoms with E-state index in [4.69, 9.17) is 21.1 Å². The number of benzene rings is 2. The van der Waals surface area contributed by atoms with Gasteiger partial charge in [0.25, 0.3) is 0 Å². The van der Waals surface area contributed by atoms with E-state index >= 15 is 0 Å². The van der Waals surface area contributed by atoms with Crippen molar-refractivity contribution in [1.29, 1.82) is 0 Å². The van der Waals surface area contributed by atoms with E-state index in [9.17, 15) is 0 Å². The lowest BCUT2D eigenvalue weighted by Gasteiger charge is -2.15. The van der Waals surface area contributed by atoms with Gasteiger partial charge in [0.15, 0.2) is 11.5 Å². The molecule has 0 N–H and O–H groups in total. The highest BCUT2D eigenvalue weighted by Crippen LogP contribution is 2.39. The van der Waals surface area contributed by atoms with Gasteiger partial charge in [-0.05, 0) is 64.0 Å². The summed E-state index contributed by atoms with van der Waals surface area (Å²) < 4.78 is 13.6. The van der Waals surface area contributed by atoms with Crippen molar-refractivity contribution in [2.75, 3.05) is 13.2 Å². The molecular weight excluding hydrogens is 466 g/mol. The summed E-state index contributed by atoms with van der Waals surface area (Å²) in [7, 11) is 0. The van der Waals surface area contributed by atoms with E-state index in [-0.39, 0.29) is 5.38 Å². The molecule has 0 aromatic heterocycles. The molecule has 2 aromatic carbocycles. The Kier molecular flexibility index (Phi) is 4.96. The van der Waals surface area contributed by atoms with E-state index in [1.54, 1.807) is 0 Å². The van der Waals surface area contributed by atoms with Gasteiger partial charge in [-0.15, -0.1) is 11.6 Å². The van der Waals surface area contributed by atoms with Gasteiger partial charge < -0.3 is 9.47 Å². The number of hydrogen-bond donors (Lipinski definition) is 0. The number of ether oxygens (including phenoxy) is 2. The molecule has 0 saturated carbocycles. The fourth-order valence-electron chi connectivity index (χ4n) is 2.23. The van der Waals surface area contributed by atoms with Crippen LogP contribution in [0.5, 0.6) is 11.5 Å². The third-order valence-electron chi connectivity index (χ3n) is 3.30. The van der Waals surface area contributed by atoms with E-state index in [2.05, 4.69) is 44.6 Å². The van der Waals surface area contributed by atoms with Gasteiger partial charge in [0.1, 0.15) is 0 Å². The van der Waals surface area contributed by atoms with Crippen molar-refractivity contribution in [3.8, 4) is 11.5 Å². The second kappa shape index (κ2) is 6.75. The van der Waals surface area contributed by atoms with Gasteiger partial charge in [-0.1, -0.05) is 22.0 Å². The molecule has 0 aliphatic carbocycles. The van der Waals surface area contributed by atoms with E-state index in [1.807, 2.05) is 30.3 Å². The van der Waals surface area contributed by atoms with Gasteiger partial charge in [-0.25, -0.2) is 0 Å². The largest absolute Gasteiger partial charge is 0.490 e. The standard InChI is InChI=1S/C16H13BrClIO2/c17-13-4-3-11(19)9-12(13)16(18)10-2-5-14-15(8-10)21-7-1-6-20-14/h2-5,8-9,16H,1,6-7H2. The van der Waals surface area contributed by atoms with Crippen LogP contribution in [0.2, 0.25) is 0 Å². The summed E-state index contributed by atoms with van der Waals surface area (Å²) in [5.41, 5.74) is 2.06. The maximum absolute atomic E-state index is 6.66. The summed E-state index contributed by atoms with van der Waals surface area (Å²) >= 11 is 12.5. The van der Waals surface area contributed by atoms with Crippen LogP contribution in [0, 0.1) is 3.57 Å². The molecule has 2 nitrogen and oxygen atoms in total. The average molecular weight is 480 g/mol. The normalized spacial score (nSPS) is 15.4. The van der Waals surface area contributed by atoms with Gasteiger partial charge in [-0.2, -0.15) is 0 Å². The highest BCUT2D eigenvalue weighted by Gasteiger charge is 2.18. The van der Waals surface area contributed by atoms with Crippen LogP contribution in [0.15, 0.2) is 40.9 Å². The van der Waals surface area contributed by atoms with E-state index in [1.165, 1.54) is 0 Å². The summed E-state index contributed by atoms with van der Waals surface area (Å²) in [5.74, 6) is 1.57. The van der Waals surface area contributed by atoms with Crippen molar-refractivity contribution in [3.05, 3.63) is 55.6 Å². The summed E-state index contributed by atoms with van der Waals surface area (Å²) in [6.45, 7) is 1.37. The van der Waals surface area contributed by atoms with Crippen LogP contribution in [-0.2, 0) is 0 Å². The number of fused-ring (bicyclic) bond motifs is 1. The molecule has 3 rings (SSSR count). The molecule has 1 aliphatic rings. The molecule has 0 radical (unpaired) electrons. The van der Waals surface area contributed by atoms with Crippen molar-refractivity contribution < 1.29 is 9.47 Å². The lowest BCUT2D eigenvalue weighted by molar-refractivity contribution is 0.297. The molecule has 1 unspecified atom stereocenters. The Hall–Kier alpha value is -0.460. The molecule has 1 heterocycles. The second-order valence-corrected chi connectivity index (χ2v) is 7.32. The lowest BCUT2D eigenvalue weighted by atomic mass is 10.0. The van der Waals surface area contributed by atoms with Crippen molar-refractivity contribution >= 4 is 50.1 Å². The molecule has 1 atom stereocenters. The van der Waals surface area contributed by atoms with Crippen LogP contribution in [-0.4, -0.2) is 13.2 Å². The minimum Gasteiger partial charge on any atom is -0.490 e. The zero-order valence-electron chi connectivity index (χ0n) is 11.1. The SMILES string of the molecule is ClC(c1ccc2c(c1)OCCCO2)c1cc(I)ccc1Br. The fraction of sp³-hybridized carbons (Fsp3) is 0.250. The van der Waals surface area contributed by atoms with Gasteiger partial charge in [-0.3, -0.25) is 0 Å². The predicted molar refractivity (Wildman–Crippen MR) is 96.6 cm³/mol. The average Bonchev–Trinajstić information content (AvgIpc) is 2.73. The summed E-state index contributed by atoms with van der Waals surface area (Å²) in [6, 6.07) is 12.1. The monoisotopic (exact) mass is 478 g/mol. The number of halogens is 3. The highest BCUT2D eigenvalue weighted by molar-refractivity contribution is 14.1. The van der Waals surface area contributed by atoms with Gasteiger partial charge in [0.05, 0.1) is 18.6 Å². The molecule has 2 aromatic rings. The molecule has 110 valence electrons. The number of hydrogen-bond acceptors (Lipinski definition) is 2. The van der Waals surface area contributed by atoms with Crippen LogP contribution in [0.3, 0.4) is 0 Å². The third kappa shape index (κ3) is 3.48. The Labute approximate surface area is 151 Å². The first-order chi connectivity index (χ1) is 10.1. The highest BCUT2D eigenvalue weighted by atomic mass is 127. The molecule has 0 spiro atoms. The van der Waals surface area contributed by atoms with Crippen molar-refractivity contribution in [3.63, 3.8) is 0 Å². The molecule has 21 heavy (non-hydrogen) atoms. The maximum Gasteiger partial charge on any atom is 0.161 e. The van der Waals surface area contributed by atoms with Crippen LogP contribution in [0.4, 0.5) is 0 Å². The van der Waals surface area contributed by atoms with Crippen LogP contribution < -0.4 is 9.47 Å². The van der Waals surface area contributed by atoms with Crippen molar-refractivity contribution in [2.24, 2.45) is 0 Å². The smallest absolute Gasteiger partial charge is 0.161 e. The molecule has 0 amide bonds. The van der Waals surface area contributed by atoms with E-state index in [0.717, 1.165) is 37.1 Å². The van der Waals surface area contributed by atoms with Gasteiger partial charge >= 0.3 is 0 Å². The van der Waals surface area contributed by atoms with Crippen molar-refractivity contribution in [2.45, 2.75) is 11.8 Å². The molecule has 1 aliphatic heterocycles. The molecule has 0 fully saturated rings. The van der Waals surface area contributed by atoms with Gasteiger partial charge in [0.2, 0.25) is 0 Å². The second-order valence-electron chi connectivity index (χ2n) is 4.79. The summed E-state index contributed by atoms with van der Waals surface area (Å²) in [6.07, 6.45) is 0.900. The van der Waals surface area contributed by atoms with E-state index < -0.39 is 0 Å². The topological polar surface area (TPSA) is 18.5 Å². The van der Waals surface area contributed by atoms with Crippen LogP contribution in [0.25, 0.3) is 0 Å². The van der Waals surface area contributed by atoms with Crippen LogP contribution in [0.1, 0.15) is 22.9 Å². The first kappa shape index (κ1) is 15.4. The number of alkyl halides is 1. The Morgan fingerprint density at radius 3 is 2.62 bits per heavy atom. The predicted octanol–water partition coefficient (Wildman–Crippen LogP) is 5.54. The zero-order chi connectivity index (χ0) is 14.8. The minimum atomic E-state index is -0.230. The summed E-state index contributed by atoms with van der Waals surface area (Å²) in [5, 5.41) is -0.230. The Balaban J connectivity index is 1.96. The Bertz CT molecular complexity index is 663. The maximum atomic E-state index is 6.66. The van der Waals surface area contributed by atoms with Gasteiger partial charge in [0, 0.05) is 14.5 Å². The Morgan fingerprint density at radius 2 is 1.81 bits per heavy atom. The molecule has 5 heteroatoms. The third-order valence-corrected chi connectivity index (χ3v) is 5.18. The fourth-order valence-corrected chi connectivity index (χ4v) is 3.66. The van der Waals surface area contributed by atoms with E-state index in [0.29, 0.717) is 13.2 Å². The van der Waals surface area contributed by atoms with Crippen molar-refractivity contribution in [1.82, 2.24) is 0 Å². The molecular formula is C16H13BrClIO2. The molecule has 0 bridgehead atoms. The Morgan fingerprint density at radius 1 is 1.05 bits per heavy atom.